The zero-order valence-electron chi connectivity index (χ0n) is 16.6. The first-order chi connectivity index (χ1) is 14.4. The van der Waals surface area contributed by atoms with E-state index in [0.29, 0.717) is 11.3 Å². The highest BCUT2D eigenvalue weighted by Crippen LogP contribution is 2.55. The number of rotatable bonds is 3. The number of nitrogens with zero attached hydrogens (tertiary/aromatic N) is 3. The van der Waals surface area contributed by atoms with E-state index in [1.165, 1.54) is 13.8 Å². The Kier molecular flexibility index (Phi) is 4.64. The van der Waals surface area contributed by atoms with E-state index in [0.717, 1.165) is 11.3 Å². The number of esters is 1. The van der Waals surface area contributed by atoms with Crippen LogP contribution in [0.5, 0.6) is 5.75 Å². The molecule has 6 nitrogen and oxygen atoms in total. The summed E-state index contributed by atoms with van der Waals surface area (Å²) in [6.07, 6.45) is 3.75. The van der Waals surface area contributed by atoms with Crippen molar-refractivity contribution in [2.24, 2.45) is 5.41 Å². The van der Waals surface area contributed by atoms with Crippen LogP contribution in [0.25, 0.3) is 6.08 Å². The highest BCUT2D eigenvalue weighted by molar-refractivity contribution is 5.91. The van der Waals surface area contributed by atoms with Crippen molar-refractivity contribution >= 4 is 23.5 Å². The van der Waals surface area contributed by atoms with Crippen LogP contribution in [-0.4, -0.2) is 23.8 Å². The van der Waals surface area contributed by atoms with Gasteiger partial charge in [-0.15, -0.1) is 0 Å². The SMILES string of the molecule is CC(=O)Oc1ccc([C@@H]2[C@@H](C(C)=O)N3c4ccccc4C=C[C@@H]3C2(C#N)C#N)cc1. The van der Waals surface area contributed by atoms with E-state index in [9.17, 15) is 20.1 Å². The lowest BCUT2D eigenvalue weighted by atomic mass is 9.69. The number of para-hydroxylation sites is 1. The Balaban J connectivity index is 1.90. The van der Waals surface area contributed by atoms with Crippen LogP contribution in [-0.2, 0) is 9.59 Å². The molecule has 2 aromatic rings. The lowest BCUT2D eigenvalue weighted by molar-refractivity contribution is -0.131. The largest absolute Gasteiger partial charge is 0.427 e. The maximum absolute atomic E-state index is 12.9. The third-order valence-corrected chi connectivity index (χ3v) is 5.83. The predicted octanol–water partition coefficient (Wildman–Crippen LogP) is 3.60. The second-order valence-electron chi connectivity index (χ2n) is 7.56. The van der Waals surface area contributed by atoms with Crippen molar-refractivity contribution in [2.45, 2.75) is 31.8 Å². The number of hydrogen-bond acceptors (Lipinski definition) is 6. The molecule has 0 saturated carbocycles. The van der Waals surface area contributed by atoms with Crippen LogP contribution in [0.1, 0.15) is 30.9 Å². The Morgan fingerprint density at radius 3 is 2.30 bits per heavy atom. The molecule has 2 aromatic carbocycles. The molecule has 0 N–H and O–H groups in total. The van der Waals surface area contributed by atoms with Gasteiger partial charge in [-0.1, -0.05) is 42.5 Å². The van der Waals surface area contributed by atoms with Gasteiger partial charge in [-0.2, -0.15) is 10.5 Å². The van der Waals surface area contributed by atoms with Crippen molar-refractivity contribution in [3.63, 3.8) is 0 Å². The summed E-state index contributed by atoms with van der Waals surface area (Å²) in [6, 6.07) is 17.6. The molecule has 3 atom stereocenters. The molecule has 0 radical (unpaired) electrons. The molecule has 0 bridgehead atoms. The van der Waals surface area contributed by atoms with Crippen LogP contribution < -0.4 is 9.64 Å². The first kappa shape index (κ1) is 19.4. The van der Waals surface area contributed by atoms with Crippen molar-refractivity contribution in [1.29, 1.82) is 10.5 Å². The number of hydrogen-bond donors (Lipinski definition) is 0. The van der Waals surface area contributed by atoms with Crippen LogP contribution in [0.3, 0.4) is 0 Å². The average molecular weight is 397 g/mol. The third kappa shape index (κ3) is 2.77. The number of nitriles is 2. The minimum atomic E-state index is -1.46. The summed E-state index contributed by atoms with van der Waals surface area (Å²) < 4.78 is 5.09. The van der Waals surface area contributed by atoms with Crippen LogP contribution >= 0.6 is 0 Å². The second-order valence-corrected chi connectivity index (χ2v) is 7.56. The van der Waals surface area contributed by atoms with Crippen molar-refractivity contribution in [2.75, 3.05) is 4.90 Å². The van der Waals surface area contributed by atoms with E-state index < -0.39 is 29.4 Å². The minimum Gasteiger partial charge on any atom is -0.427 e. The van der Waals surface area contributed by atoms with E-state index in [1.807, 2.05) is 41.3 Å². The van der Waals surface area contributed by atoms with E-state index >= 15 is 0 Å². The van der Waals surface area contributed by atoms with Crippen molar-refractivity contribution in [1.82, 2.24) is 0 Å². The number of carbonyl (C=O) groups excluding carboxylic acids is 2. The molecule has 1 saturated heterocycles. The van der Waals surface area contributed by atoms with Gasteiger partial charge in [-0.3, -0.25) is 9.59 Å². The lowest BCUT2D eigenvalue weighted by Crippen LogP contribution is -2.43. The van der Waals surface area contributed by atoms with Crippen molar-refractivity contribution in [3.05, 3.63) is 65.7 Å². The Morgan fingerprint density at radius 1 is 1.03 bits per heavy atom. The number of benzene rings is 2. The fourth-order valence-corrected chi connectivity index (χ4v) is 4.67. The maximum Gasteiger partial charge on any atom is 0.308 e. The predicted molar refractivity (Wildman–Crippen MR) is 110 cm³/mol. The molecule has 0 amide bonds. The average Bonchev–Trinajstić information content (AvgIpc) is 3.05. The van der Waals surface area contributed by atoms with E-state index in [-0.39, 0.29) is 5.78 Å². The molecule has 148 valence electrons. The van der Waals surface area contributed by atoms with Crippen molar-refractivity contribution in [3.8, 4) is 17.9 Å². The lowest BCUT2D eigenvalue weighted by Gasteiger charge is -2.35. The quantitative estimate of drug-likeness (QED) is 0.580. The van der Waals surface area contributed by atoms with Crippen LogP contribution in [0.4, 0.5) is 5.69 Å². The fourth-order valence-electron chi connectivity index (χ4n) is 4.67. The van der Waals surface area contributed by atoms with Crippen molar-refractivity contribution < 1.29 is 14.3 Å². The summed E-state index contributed by atoms with van der Waals surface area (Å²) in [7, 11) is 0. The number of anilines is 1. The molecule has 0 aliphatic carbocycles. The fraction of sp³-hybridized carbons (Fsp3) is 0.250. The number of carbonyl (C=O) groups is 2. The molecule has 4 rings (SSSR count). The van der Waals surface area contributed by atoms with E-state index in [2.05, 4.69) is 12.1 Å². The summed E-state index contributed by atoms with van der Waals surface area (Å²) in [5.74, 6) is -0.859. The van der Waals surface area contributed by atoms with Gasteiger partial charge in [0.1, 0.15) is 5.75 Å². The number of ether oxygens (including phenoxy) is 1. The summed E-state index contributed by atoms with van der Waals surface area (Å²) in [5.41, 5.74) is 0.993. The van der Waals surface area contributed by atoms with E-state index in [1.54, 1.807) is 24.3 Å². The zero-order chi connectivity index (χ0) is 21.5. The third-order valence-electron chi connectivity index (χ3n) is 5.83. The van der Waals surface area contributed by atoms with Crippen LogP contribution in [0, 0.1) is 28.1 Å². The van der Waals surface area contributed by atoms with Crippen LogP contribution in [0.15, 0.2) is 54.6 Å². The van der Waals surface area contributed by atoms with Gasteiger partial charge in [0.25, 0.3) is 0 Å². The molecule has 0 aromatic heterocycles. The summed E-state index contributed by atoms with van der Waals surface area (Å²) in [4.78, 5) is 26.0. The highest BCUT2D eigenvalue weighted by atomic mass is 16.5. The summed E-state index contributed by atoms with van der Waals surface area (Å²) in [6.45, 7) is 2.81. The van der Waals surface area contributed by atoms with Gasteiger partial charge in [0.15, 0.2) is 11.2 Å². The van der Waals surface area contributed by atoms with Gasteiger partial charge < -0.3 is 9.64 Å². The molecule has 2 aliphatic rings. The monoisotopic (exact) mass is 397 g/mol. The second kappa shape index (κ2) is 7.17. The molecule has 2 heterocycles. The van der Waals surface area contributed by atoms with Gasteiger partial charge >= 0.3 is 5.97 Å². The summed E-state index contributed by atoms with van der Waals surface area (Å²) in [5, 5.41) is 20.4. The summed E-state index contributed by atoms with van der Waals surface area (Å²) >= 11 is 0. The zero-order valence-corrected chi connectivity index (χ0v) is 16.6. The Bertz CT molecular complexity index is 1120. The molecular weight excluding hydrogens is 378 g/mol. The molecule has 30 heavy (non-hydrogen) atoms. The molecule has 2 aliphatic heterocycles. The molecule has 1 fully saturated rings. The first-order valence-electron chi connectivity index (χ1n) is 9.60. The number of fused-ring (bicyclic) bond motifs is 3. The van der Waals surface area contributed by atoms with Crippen LogP contribution in [0.2, 0.25) is 0 Å². The van der Waals surface area contributed by atoms with Gasteiger partial charge in [0, 0.05) is 18.5 Å². The van der Waals surface area contributed by atoms with Gasteiger partial charge in [-0.25, -0.2) is 0 Å². The Morgan fingerprint density at radius 2 is 1.70 bits per heavy atom. The van der Waals surface area contributed by atoms with E-state index in [4.69, 9.17) is 4.74 Å². The smallest absolute Gasteiger partial charge is 0.308 e. The maximum atomic E-state index is 12.9. The van der Waals surface area contributed by atoms with Gasteiger partial charge in [0.2, 0.25) is 0 Å². The minimum absolute atomic E-state index is 0.119. The number of ketones is 1. The van der Waals surface area contributed by atoms with Gasteiger partial charge in [0.05, 0.1) is 24.2 Å². The molecule has 6 heteroatoms. The standard InChI is InChI=1S/C24H19N3O3/c1-15(28)23-22(18-7-10-19(11-8-18)30-16(2)29)24(13-25,14-26)21-12-9-17-5-3-4-6-20(17)27(21)23/h3-12,21-23H,1-2H3/t21-,22-,23-/m1/s1. The molecule has 0 spiro atoms. The first-order valence-corrected chi connectivity index (χ1v) is 9.60. The molecule has 0 unspecified atom stereocenters. The Labute approximate surface area is 174 Å². The Hall–Kier alpha value is -3.90. The normalized spacial score (nSPS) is 22.9. The number of Topliss-reactive ketones (excluding diaryl/α,β-unsaturated/α-hetero) is 1. The topological polar surface area (TPSA) is 94.2 Å². The molecular formula is C24H19N3O3. The van der Waals surface area contributed by atoms with Gasteiger partial charge in [-0.05, 0) is 36.2 Å². The highest BCUT2D eigenvalue weighted by Gasteiger charge is 2.62.